The summed E-state index contributed by atoms with van der Waals surface area (Å²) in [5.74, 6) is -0.0599. The molecule has 110 valence electrons. The second kappa shape index (κ2) is 5.89. The molecule has 0 unspecified atom stereocenters. The number of amides is 2. The average Bonchev–Trinajstić information content (AvgIpc) is 2.83. The van der Waals surface area contributed by atoms with Gasteiger partial charge in [-0.3, -0.25) is 4.79 Å². The summed E-state index contributed by atoms with van der Waals surface area (Å²) in [6.45, 7) is 5.60. The van der Waals surface area contributed by atoms with E-state index in [1.54, 1.807) is 11.2 Å². The molecule has 0 saturated heterocycles. The van der Waals surface area contributed by atoms with Gasteiger partial charge in [0.05, 0.1) is 6.54 Å². The van der Waals surface area contributed by atoms with E-state index in [2.05, 4.69) is 10.2 Å². The zero-order valence-electron chi connectivity index (χ0n) is 11.7. The Bertz CT molecular complexity index is 499. The third kappa shape index (κ3) is 3.25. The van der Waals surface area contributed by atoms with Crippen molar-refractivity contribution in [2.45, 2.75) is 26.9 Å². The molecule has 0 radical (unpaired) electrons. The van der Waals surface area contributed by atoms with Crippen LogP contribution in [-0.2, 0) is 17.9 Å². The second-order valence-corrected chi connectivity index (χ2v) is 5.31. The van der Waals surface area contributed by atoms with Gasteiger partial charge in [0, 0.05) is 19.6 Å². The predicted molar refractivity (Wildman–Crippen MR) is 69.9 cm³/mol. The summed E-state index contributed by atoms with van der Waals surface area (Å²) in [6, 6.07) is -0.254. The normalized spacial score (nSPS) is 14.2. The van der Waals surface area contributed by atoms with Gasteiger partial charge in [0.15, 0.2) is 5.82 Å². The molecule has 0 fully saturated rings. The summed E-state index contributed by atoms with van der Waals surface area (Å²) in [5, 5.41) is 16.7. The van der Waals surface area contributed by atoms with Crippen molar-refractivity contribution in [1.29, 1.82) is 0 Å². The van der Waals surface area contributed by atoms with Gasteiger partial charge in [-0.15, -0.1) is 10.2 Å². The number of carboxylic acids is 1. The number of carboxylic acid groups (broad SMARTS) is 1. The molecule has 8 heteroatoms. The first-order valence-corrected chi connectivity index (χ1v) is 6.59. The van der Waals surface area contributed by atoms with Crippen molar-refractivity contribution in [1.82, 2.24) is 24.6 Å². The SMILES string of the molecule is CC(C)CN(CC(=O)O)C(=O)N1CCn2cnnc2C1. The molecule has 1 aromatic rings. The number of fused-ring (bicyclic) bond motifs is 1. The van der Waals surface area contributed by atoms with E-state index in [0.29, 0.717) is 26.2 Å². The number of urea groups is 1. The number of aliphatic carboxylic acids is 1. The summed E-state index contributed by atoms with van der Waals surface area (Å²) < 4.78 is 1.90. The standard InChI is InChI=1S/C12H19N5O3/c1-9(2)5-17(7-11(18)19)12(20)15-3-4-16-8-13-14-10(16)6-15/h8-9H,3-7H2,1-2H3,(H,18,19). The molecule has 0 aromatic carbocycles. The Balaban J connectivity index is 2.06. The highest BCUT2D eigenvalue weighted by Crippen LogP contribution is 2.12. The van der Waals surface area contributed by atoms with E-state index in [4.69, 9.17) is 5.11 Å². The molecular weight excluding hydrogens is 262 g/mol. The summed E-state index contributed by atoms with van der Waals surface area (Å²) in [4.78, 5) is 26.3. The number of aromatic nitrogens is 3. The Morgan fingerprint density at radius 3 is 2.85 bits per heavy atom. The maximum atomic E-state index is 12.4. The van der Waals surface area contributed by atoms with Crippen LogP contribution in [0.3, 0.4) is 0 Å². The molecule has 2 heterocycles. The molecule has 2 rings (SSSR count). The van der Waals surface area contributed by atoms with Crippen LogP contribution in [-0.4, -0.2) is 61.3 Å². The minimum Gasteiger partial charge on any atom is -0.480 e. The van der Waals surface area contributed by atoms with E-state index >= 15 is 0 Å². The number of hydrogen-bond acceptors (Lipinski definition) is 4. The van der Waals surface area contributed by atoms with Crippen molar-refractivity contribution in [3.63, 3.8) is 0 Å². The van der Waals surface area contributed by atoms with E-state index in [-0.39, 0.29) is 18.5 Å². The maximum Gasteiger partial charge on any atom is 0.323 e. The van der Waals surface area contributed by atoms with Crippen molar-refractivity contribution in [2.75, 3.05) is 19.6 Å². The maximum absolute atomic E-state index is 12.4. The van der Waals surface area contributed by atoms with E-state index < -0.39 is 5.97 Å². The van der Waals surface area contributed by atoms with Crippen molar-refractivity contribution < 1.29 is 14.7 Å². The minimum absolute atomic E-state index is 0.215. The summed E-state index contributed by atoms with van der Waals surface area (Å²) in [7, 11) is 0. The summed E-state index contributed by atoms with van der Waals surface area (Å²) >= 11 is 0. The first kappa shape index (κ1) is 14.3. The van der Waals surface area contributed by atoms with Crippen LogP contribution in [0.25, 0.3) is 0 Å². The lowest BCUT2D eigenvalue weighted by Crippen LogP contribution is -2.49. The molecule has 0 atom stereocenters. The monoisotopic (exact) mass is 281 g/mol. The Hall–Kier alpha value is -2.12. The molecule has 1 aliphatic rings. The first-order chi connectivity index (χ1) is 9.47. The molecule has 1 N–H and O–H groups in total. The van der Waals surface area contributed by atoms with E-state index in [1.165, 1.54) is 4.90 Å². The van der Waals surface area contributed by atoms with Gasteiger partial charge in [0.1, 0.15) is 12.9 Å². The molecule has 1 aliphatic heterocycles. The van der Waals surface area contributed by atoms with Crippen molar-refractivity contribution in [2.24, 2.45) is 5.92 Å². The molecule has 0 saturated carbocycles. The summed E-state index contributed by atoms with van der Waals surface area (Å²) in [5.41, 5.74) is 0. The lowest BCUT2D eigenvalue weighted by Gasteiger charge is -2.33. The van der Waals surface area contributed by atoms with Crippen LogP contribution in [0.15, 0.2) is 6.33 Å². The van der Waals surface area contributed by atoms with Gasteiger partial charge in [-0.25, -0.2) is 4.79 Å². The third-order valence-electron chi connectivity index (χ3n) is 3.09. The zero-order chi connectivity index (χ0) is 14.7. The van der Waals surface area contributed by atoms with Crippen LogP contribution in [0.2, 0.25) is 0 Å². The highest BCUT2D eigenvalue weighted by atomic mass is 16.4. The fourth-order valence-corrected chi connectivity index (χ4v) is 2.24. The highest BCUT2D eigenvalue weighted by molar-refractivity contribution is 5.80. The molecule has 2 amide bonds. The minimum atomic E-state index is -1.00. The Morgan fingerprint density at radius 1 is 1.45 bits per heavy atom. The number of nitrogens with zero attached hydrogens (tertiary/aromatic N) is 5. The van der Waals surface area contributed by atoms with Gasteiger partial charge in [-0.1, -0.05) is 13.8 Å². The number of carbonyl (C=O) groups excluding carboxylic acids is 1. The van der Waals surface area contributed by atoms with Crippen LogP contribution in [0.4, 0.5) is 4.79 Å². The topological polar surface area (TPSA) is 91.6 Å². The molecule has 1 aromatic heterocycles. The molecule has 20 heavy (non-hydrogen) atoms. The molecule has 0 spiro atoms. The largest absolute Gasteiger partial charge is 0.480 e. The number of carbonyl (C=O) groups is 2. The molecule has 0 bridgehead atoms. The summed E-state index contributed by atoms with van der Waals surface area (Å²) in [6.07, 6.45) is 1.64. The van der Waals surface area contributed by atoms with E-state index in [9.17, 15) is 9.59 Å². The van der Waals surface area contributed by atoms with Crippen LogP contribution >= 0.6 is 0 Å². The Labute approximate surface area is 117 Å². The van der Waals surface area contributed by atoms with E-state index in [1.807, 2.05) is 18.4 Å². The van der Waals surface area contributed by atoms with Crippen LogP contribution in [0, 0.1) is 5.92 Å². The van der Waals surface area contributed by atoms with Crippen molar-refractivity contribution in [3.05, 3.63) is 12.2 Å². The van der Waals surface area contributed by atoms with Crippen molar-refractivity contribution in [3.8, 4) is 0 Å². The highest BCUT2D eigenvalue weighted by Gasteiger charge is 2.27. The van der Waals surface area contributed by atoms with Gasteiger partial charge >= 0.3 is 12.0 Å². The fraction of sp³-hybridized carbons (Fsp3) is 0.667. The third-order valence-corrected chi connectivity index (χ3v) is 3.09. The lowest BCUT2D eigenvalue weighted by molar-refractivity contribution is -0.137. The zero-order valence-corrected chi connectivity index (χ0v) is 11.7. The first-order valence-electron chi connectivity index (χ1n) is 6.59. The van der Waals surface area contributed by atoms with Crippen LogP contribution < -0.4 is 0 Å². The predicted octanol–water partition coefficient (Wildman–Crippen LogP) is 0.256. The fourth-order valence-electron chi connectivity index (χ4n) is 2.24. The molecular formula is C12H19N5O3. The van der Waals surface area contributed by atoms with Crippen LogP contribution in [0.1, 0.15) is 19.7 Å². The molecule has 8 nitrogen and oxygen atoms in total. The van der Waals surface area contributed by atoms with Gasteiger partial charge in [0.25, 0.3) is 0 Å². The number of rotatable bonds is 4. The van der Waals surface area contributed by atoms with Gasteiger partial charge in [-0.05, 0) is 5.92 Å². The number of hydrogen-bond donors (Lipinski definition) is 1. The molecule has 0 aliphatic carbocycles. The van der Waals surface area contributed by atoms with Crippen LogP contribution in [0.5, 0.6) is 0 Å². The lowest BCUT2D eigenvalue weighted by atomic mass is 10.2. The second-order valence-electron chi connectivity index (χ2n) is 5.31. The Kier molecular flexibility index (Phi) is 4.21. The van der Waals surface area contributed by atoms with E-state index in [0.717, 1.165) is 5.82 Å². The average molecular weight is 281 g/mol. The van der Waals surface area contributed by atoms with Gasteiger partial charge in [-0.2, -0.15) is 0 Å². The van der Waals surface area contributed by atoms with Gasteiger partial charge in [0.2, 0.25) is 0 Å². The Morgan fingerprint density at radius 2 is 2.20 bits per heavy atom. The quantitative estimate of drug-likeness (QED) is 0.854. The van der Waals surface area contributed by atoms with Crippen molar-refractivity contribution >= 4 is 12.0 Å². The van der Waals surface area contributed by atoms with Gasteiger partial charge < -0.3 is 19.5 Å². The smallest absolute Gasteiger partial charge is 0.323 e.